The van der Waals surface area contributed by atoms with Crippen molar-refractivity contribution in [3.05, 3.63) is 89.0 Å². The number of methoxy groups -OCH3 is 1. The number of fused-ring (bicyclic) bond motifs is 2. The fraction of sp³-hybridized carbons (Fsp3) is 0.489. The van der Waals surface area contributed by atoms with Gasteiger partial charge in [0.2, 0.25) is 11.8 Å². The molecule has 3 aliphatic heterocycles. The molecule has 6 atom stereocenters. The van der Waals surface area contributed by atoms with Gasteiger partial charge in [-0.1, -0.05) is 39.8 Å². The summed E-state index contributed by atoms with van der Waals surface area (Å²) in [5.41, 5.74) is 4.71. The third-order valence-corrected chi connectivity index (χ3v) is 13.4. The summed E-state index contributed by atoms with van der Waals surface area (Å²) in [6.07, 6.45) is -2.09. The molecule has 2 aromatic heterocycles. The lowest BCUT2D eigenvalue weighted by Gasteiger charge is -2.33. The maximum Gasteiger partial charge on any atom is 0.416 e. The van der Waals surface area contributed by atoms with Crippen molar-refractivity contribution in [2.24, 2.45) is 11.8 Å². The molecule has 5 aromatic rings. The molecule has 0 bridgehead atoms. The number of nitrogens with one attached hydrogen (secondary N) is 3. The number of amides is 4. The molecule has 3 saturated heterocycles. The fourth-order valence-corrected chi connectivity index (χ4v) is 10.2. The highest BCUT2D eigenvalue weighted by atomic mass is 19.4. The van der Waals surface area contributed by atoms with Gasteiger partial charge in [-0.15, -0.1) is 0 Å². The summed E-state index contributed by atoms with van der Waals surface area (Å²) in [6.45, 7) is 8.38. The predicted molar refractivity (Wildman–Crippen MR) is 237 cm³/mol. The summed E-state index contributed by atoms with van der Waals surface area (Å²) >= 11 is 0. The number of nitrogens with zero attached hydrogens (tertiary/aromatic N) is 6. The van der Waals surface area contributed by atoms with E-state index < -0.39 is 36.0 Å². The number of carboxylic acid groups (broad SMARTS) is 1. The number of halogens is 3. The highest BCUT2D eigenvalue weighted by Gasteiger charge is 2.42. The van der Waals surface area contributed by atoms with Crippen LogP contribution in [-0.2, 0) is 20.5 Å². The van der Waals surface area contributed by atoms with Crippen molar-refractivity contribution < 1.29 is 42.2 Å². The Morgan fingerprint density at radius 1 is 0.754 bits per heavy atom. The van der Waals surface area contributed by atoms with Crippen LogP contribution in [0.4, 0.5) is 28.4 Å². The number of hydrogen-bond donors (Lipinski definition) is 4. The van der Waals surface area contributed by atoms with Crippen LogP contribution in [0.2, 0.25) is 0 Å². The van der Waals surface area contributed by atoms with Gasteiger partial charge in [0.25, 0.3) is 0 Å². The van der Waals surface area contributed by atoms with Crippen molar-refractivity contribution in [1.29, 1.82) is 0 Å². The standard InChI is InChI=1S/C47H56F3N9O6/c1-25(2)39(55-45(62)65-6)43(60)57-21-7-9-37(57)41-51-31-17-11-27(23-33(31)53-41)35-19-20-36(59(35)30-15-13-29(14-16-30)47(48,49)50)28-12-18-32-34(24-28)54-42(52-32)38-10-8-22-58(38)44(61)40(26(3)4)56(5)46(63)64/h11-18,23-26,35-40H,7-10,19-22H2,1-6H3,(H,51,53)(H,52,54)(H,55,62)(H,63,64)/t35-,36-,37-,38-,39-,40-/m0/s1. The molecule has 4 amide bonds. The number of alkyl carbamates (subject to hydrolysis) is 1. The van der Waals surface area contributed by atoms with Crippen molar-refractivity contribution in [3.63, 3.8) is 0 Å². The van der Waals surface area contributed by atoms with Crippen LogP contribution in [0.3, 0.4) is 0 Å². The van der Waals surface area contributed by atoms with E-state index in [4.69, 9.17) is 14.7 Å². The molecule has 3 aliphatic rings. The van der Waals surface area contributed by atoms with Gasteiger partial charge < -0.3 is 39.8 Å². The lowest BCUT2D eigenvalue weighted by Crippen LogP contribution is -2.51. The topological polar surface area (TPSA) is 180 Å². The zero-order chi connectivity index (χ0) is 46.5. The Morgan fingerprint density at radius 3 is 1.71 bits per heavy atom. The summed E-state index contributed by atoms with van der Waals surface area (Å²) in [7, 11) is 2.68. The van der Waals surface area contributed by atoms with E-state index >= 15 is 0 Å². The predicted octanol–water partition coefficient (Wildman–Crippen LogP) is 8.88. The monoisotopic (exact) mass is 899 g/mol. The Hall–Kier alpha value is -6.33. The van der Waals surface area contributed by atoms with E-state index in [-0.39, 0.29) is 47.8 Å². The van der Waals surface area contributed by atoms with Gasteiger partial charge in [0.05, 0.1) is 58.9 Å². The van der Waals surface area contributed by atoms with Crippen molar-refractivity contribution in [2.75, 3.05) is 32.1 Å². The van der Waals surface area contributed by atoms with Crippen LogP contribution < -0.4 is 10.2 Å². The van der Waals surface area contributed by atoms with Crippen LogP contribution in [0, 0.1) is 11.8 Å². The quantitative estimate of drug-likeness (QED) is 0.101. The van der Waals surface area contributed by atoms with Crippen LogP contribution in [-0.4, -0.2) is 103 Å². The molecule has 3 fully saturated rings. The van der Waals surface area contributed by atoms with E-state index in [9.17, 15) is 37.5 Å². The highest BCUT2D eigenvalue weighted by Crippen LogP contribution is 2.48. The third-order valence-electron chi connectivity index (χ3n) is 13.4. The van der Waals surface area contributed by atoms with Gasteiger partial charge in [-0.05, 0) is 110 Å². The van der Waals surface area contributed by atoms with Crippen LogP contribution in [0.25, 0.3) is 22.1 Å². The second-order valence-electron chi connectivity index (χ2n) is 18.2. The van der Waals surface area contributed by atoms with Gasteiger partial charge in [0.15, 0.2) is 0 Å². The highest BCUT2D eigenvalue weighted by molar-refractivity contribution is 5.87. The fourth-order valence-electron chi connectivity index (χ4n) is 10.2. The minimum atomic E-state index is -4.50. The molecule has 8 rings (SSSR count). The van der Waals surface area contributed by atoms with Crippen molar-refractivity contribution in [1.82, 2.24) is 40.0 Å². The average molecular weight is 900 g/mol. The van der Waals surface area contributed by atoms with Crippen LogP contribution in [0.5, 0.6) is 0 Å². The summed E-state index contributed by atoms with van der Waals surface area (Å²) < 4.78 is 46.2. The smallest absolute Gasteiger partial charge is 0.416 e. The number of hydrogen-bond acceptors (Lipinski definition) is 8. The van der Waals surface area contributed by atoms with E-state index in [0.717, 1.165) is 52.0 Å². The number of alkyl halides is 3. The Labute approximate surface area is 374 Å². The molecule has 4 N–H and O–H groups in total. The number of likely N-dealkylation sites (N-methyl/N-ethyl adjacent to an activating group) is 1. The number of imidazole rings is 2. The van der Waals surface area contributed by atoms with E-state index in [2.05, 4.69) is 20.2 Å². The minimum absolute atomic E-state index is 0.179. The zero-order valence-corrected chi connectivity index (χ0v) is 37.4. The number of aromatic amines is 2. The number of rotatable bonds is 11. The number of H-pyrrole nitrogens is 2. The van der Waals surface area contributed by atoms with Gasteiger partial charge in [-0.3, -0.25) is 14.5 Å². The third kappa shape index (κ3) is 8.78. The molecule has 65 heavy (non-hydrogen) atoms. The molecular weight excluding hydrogens is 844 g/mol. The van der Waals surface area contributed by atoms with Gasteiger partial charge in [0.1, 0.15) is 23.7 Å². The Balaban J connectivity index is 1.09. The van der Waals surface area contributed by atoms with Crippen molar-refractivity contribution in [3.8, 4) is 0 Å². The number of carbonyl (C=O) groups is 4. The van der Waals surface area contributed by atoms with Gasteiger partial charge >= 0.3 is 18.4 Å². The number of aromatic nitrogens is 4. The number of anilines is 1. The van der Waals surface area contributed by atoms with Gasteiger partial charge in [-0.25, -0.2) is 19.6 Å². The second-order valence-corrected chi connectivity index (χ2v) is 18.2. The van der Waals surface area contributed by atoms with E-state index in [0.29, 0.717) is 67.1 Å². The van der Waals surface area contributed by atoms with Crippen molar-refractivity contribution >= 4 is 51.8 Å². The first-order chi connectivity index (χ1) is 30.9. The van der Waals surface area contributed by atoms with E-state index in [1.165, 1.54) is 26.3 Å². The molecule has 18 heteroatoms. The summed E-state index contributed by atoms with van der Waals surface area (Å²) in [6, 6.07) is 14.4. The molecule has 15 nitrogen and oxygen atoms in total. The molecule has 0 aliphatic carbocycles. The maximum absolute atomic E-state index is 13.9. The Morgan fingerprint density at radius 2 is 1.26 bits per heavy atom. The molecule has 346 valence electrons. The lowest BCUT2D eigenvalue weighted by molar-refractivity contribution is -0.139. The first-order valence-corrected chi connectivity index (χ1v) is 22.3. The molecule has 3 aromatic carbocycles. The first kappa shape index (κ1) is 45.2. The average Bonchev–Trinajstić information content (AvgIpc) is 4.12. The van der Waals surface area contributed by atoms with Crippen LogP contribution >= 0.6 is 0 Å². The number of likely N-dealkylation sites (tertiary alicyclic amines) is 2. The molecule has 0 spiro atoms. The Kier molecular flexibility index (Phi) is 12.5. The number of ether oxygens (including phenoxy) is 1. The largest absolute Gasteiger partial charge is 0.465 e. The van der Waals surface area contributed by atoms with Crippen LogP contribution in [0.1, 0.15) is 119 Å². The Bertz CT molecular complexity index is 2580. The molecule has 5 heterocycles. The number of carbonyl (C=O) groups excluding carboxylic acids is 3. The first-order valence-electron chi connectivity index (χ1n) is 22.3. The van der Waals surface area contributed by atoms with E-state index in [1.807, 2.05) is 64.1 Å². The second kappa shape index (κ2) is 17.9. The SMILES string of the molecule is COC(=O)N[C@H](C(=O)N1CCC[C@H]1c1nc2ccc([C@@H]3CC[C@@H](c4ccc5nc([C@@H]6CCCN6C(=O)[C@H](C(C)C)N(C)C(=O)O)[nH]c5c4)N3c3ccc(C(F)(F)F)cc3)cc2[nH]1)C(C)C. The van der Waals surface area contributed by atoms with Gasteiger partial charge in [-0.2, -0.15) is 13.2 Å². The number of benzene rings is 3. The minimum Gasteiger partial charge on any atom is -0.465 e. The van der Waals surface area contributed by atoms with Crippen molar-refractivity contribution in [2.45, 2.75) is 109 Å². The molecular formula is C47H56F3N9O6. The normalized spacial score (nSPS) is 21.2. The zero-order valence-electron chi connectivity index (χ0n) is 37.4. The summed E-state index contributed by atoms with van der Waals surface area (Å²) in [4.78, 5) is 75.2. The summed E-state index contributed by atoms with van der Waals surface area (Å²) in [5.74, 6) is 0.356. The van der Waals surface area contributed by atoms with E-state index in [1.54, 1.807) is 9.80 Å². The molecule has 0 radical (unpaired) electrons. The maximum atomic E-state index is 13.9. The molecule has 0 unspecified atom stereocenters. The summed E-state index contributed by atoms with van der Waals surface area (Å²) in [5, 5.41) is 12.4. The molecule has 0 saturated carbocycles. The van der Waals surface area contributed by atoms with Crippen LogP contribution in [0.15, 0.2) is 60.7 Å². The lowest BCUT2D eigenvalue weighted by atomic mass is 10.0. The van der Waals surface area contributed by atoms with Gasteiger partial charge in [0, 0.05) is 25.8 Å².